The van der Waals surface area contributed by atoms with Gasteiger partial charge in [0, 0.05) is 35.0 Å². The van der Waals surface area contributed by atoms with Gasteiger partial charge in [0.05, 0.1) is 11.5 Å². The van der Waals surface area contributed by atoms with Crippen LogP contribution < -0.4 is 4.90 Å². The Kier molecular flexibility index (Phi) is 5.39. The van der Waals surface area contributed by atoms with Gasteiger partial charge in [-0.25, -0.2) is 4.39 Å². The second-order valence-corrected chi connectivity index (χ2v) is 7.35. The summed E-state index contributed by atoms with van der Waals surface area (Å²) in [5.41, 5.74) is 3.64. The Morgan fingerprint density at radius 1 is 1.23 bits per heavy atom. The zero-order valence-electron chi connectivity index (χ0n) is 15.4. The molecule has 0 N–H and O–H groups in total. The molecule has 0 saturated heterocycles. The number of carbonyl (C=O) groups is 1. The molecule has 1 aromatic heterocycles. The van der Waals surface area contributed by atoms with Crippen LogP contribution in [0.3, 0.4) is 0 Å². The summed E-state index contributed by atoms with van der Waals surface area (Å²) in [6.45, 7) is 6.68. The number of rotatable bonds is 5. The third-order valence-corrected chi connectivity index (χ3v) is 5.65. The SMILES string of the molecule is CCN(C(=O)c1sc2cccc(F)c2c1COC)c1cc(C)ccc1C. The van der Waals surface area contributed by atoms with Crippen LogP contribution in [0.25, 0.3) is 10.1 Å². The van der Waals surface area contributed by atoms with Crippen molar-refractivity contribution in [3.05, 3.63) is 63.8 Å². The number of hydrogen-bond acceptors (Lipinski definition) is 3. The zero-order chi connectivity index (χ0) is 18.8. The first-order valence-corrected chi connectivity index (χ1v) is 9.37. The van der Waals surface area contributed by atoms with E-state index in [4.69, 9.17) is 4.74 Å². The van der Waals surface area contributed by atoms with Gasteiger partial charge < -0.3 is 9.64 Å². The molecule has 0 saturated carbocycles. The number of ether oxygens (including phenoxy) is 1. The molecule has 0 aliphatic rings. The molecule has 2 aromatic carbocycles. The summed E-state index contributed by atoms with van der Waals surface area (Å²) in [6.07, 6.45) is 0. The number of carbonyl (C=O) groups excluding carboxylic acids is 1. The Morgan fingerprint density at radius 3 is 2.69 bits per heavy atom. The lowest BCUT2D eigenvalue weighted by Gasteiger charge is -2.23. The number of fused-ring (bicyclic) bond motifs is 1. The van der Waals surface area contributed by atoms with E-state index in [-0.39, 0.29) is 18.3 Å². The highest BCUT2D eigenvalue weighted by Crippen LogP contribution is 2.35. The highest BCUT2D eigenvalue weighted by atomic mass is 32.1. The molecule has 0 radical (unpaired) electrons. The maximum absolute atomic E-state index is 14.4. The van der Waals surface area contributed by atoms with Crippen molar-refractivity contribution < 1.29 is 13.9 Å². The standard InChI is InChI=1S/C21H22FNO2S/c1-5-23(17-11-13(2)9-10-14(17)3)21(24)20-15(12-25-4)19-16(22)7-6-8-18(19)26-20/h6-11H,5,12H2,1-4H3. The topological polar surface area (TPSA) is 29.5 Å². The number of thiophene rings is 1. The van der Waals surface area contributed by atoms with Gasteiger partial charge in [-0.2, -0.15) is 0 Å². The molecular weight excluding hydrogens is 349 g/mol. The number of aryl methyl sites for hydroxylation is 2. The average molecular weight is 371 g/mol. The van der Waals surface area contributed by atoms with Gasteiger partial charge >= 0.3 is 0 Å². The molecule has 1 amide bonds. The first kappa shape index (κ1) is 18.5. The maximum Gasteiger partial charge on any atom is 0.268 e. The van der Waals surface area contributed by atoms with Gasteiger partial charge in [0.25, 0.3) is 5.91 Å². The normalized spacial score (nSPS) is 11.1. The van der Waals surface area contributed by atoms with Crippen LogP contribution in [0.15, 0.2) is 36.4 Å². The fourth-order valence-electron chi connectivity index (χ4n) is 3.18. The van der Waals surface area contributed by atoms with Crippen LogP contribution in [0.4, 0.5) is 10.1 Å². The molecule has 0 aliphatic heterocycles. The van der Waals surface area contributed by atoms with E-state index in [9.17, 15) is 9.18 Å². The summed E-state index contributed by atoms with van der Waals surface area (Å²) in [5.74, 6) is -0.437. The second kappa shape index (κ2) is 7.56. The fourth-order valence-corrected chi connectivity index (χ4v) is 4.35. The van der Waals surface area contributed by atoms with E-state index >= 15 is 0 Å². The number of amides is 1. The average Bonchev–Trinajstić information content (AvgIpc) is 2.99. The summed E-state index contributed by atoms with van der Waals surface area (Å²) in [6, 6.07) is 11.0. The summed E-state index contributed by atoms with van der Waals surface area (Å²) in [4.78, 5) is 15.7. The molecule has 136 valence electrons. The highest BCUT2D eigenvalue weighted by Gasteiger charge is 2.25. The second-order valence-electron chi connectivity index (χ2n) is 6.30. The molecule has 0 bridgehead atoms. The maximum atomic E-state index is 14.4. The minimum absolute atomic E-state index is 0.117. The van der Waals surface area contributed by atoms with Crippen molar-refractivity contribution in [3.8, 4) is 0 Å². The predicted molar refractivity (Wildman–Crippen MR) is 106 cm³/mol. The molecule has 0 aliphatic carbocycles. The zero-order valence-corrected chi connectivity index (χ0v) is 16.2. The third kappa shape index (κ3) is 3.24. The van der Waals surface area contributed by atoms with E-state index in [0.29, 0.717) is 22.4 Å². The van der Waals surface area contributed by atoms with Crippen molar-refractivity contribution in [1.82, 2.24) is 0 Å². The van der Waals surface area contributed by atoms with Gasteiger partial charge in [-0.05, 0) is 50.1 Å². The minimum atomic E-state index is -0.320. The molecule has 3 nitrogen and oxygen atoms in total. The smallest absolute Gasteiger partial charge is 0.268 e. The van der Waals surface area contributed by atoms with Crippen molar-refractivity contribution in [2.24, 2.45) is 0 Å². The number of nitrogens with zero attached hydrogens (tertiary/aromatic N) is 1. The Labute approximate surface area is 157 Å². The Balaban J connectivity index is 2.15. The molecule has 26 heavy (non-hydrogen) atoms. The van der Waals surface area contributed by atoms with Crippen molar-refractivity contribution in [2.75, 3.05) is 18.6 Å². The van der Waals surface area contributed by atoms with Crippen LogP contribution >= 0.6 is 11.3 Å². The van der Waals surface area contributed by atoms with Crippen molar-refractivity contribution in [2.45, 2.75) is 27.4 Å². The minimum Gasteiger partial charge on any atom is -0.380 e. The quantitative estimate of drug-likeness (QED) is 0.595. The van der Waals surface area contributed by atoms with Crippen LogP contribution in [0.2, 0.25) is 0 Å². The summed E-state index contributed by atoms with van der Waals surface area (Å²) < 4.78 is 20.4. The van der Waals surface area contributed by atoms with E-state index in [1.807, 2.05) is 45.0 Å². The van der Waals surface area contributed by atoms with E-state index in [0.717, 1.165) is 21.5 Å². The fraction of sp³-hybridized carbons (Fsp3) is 0.286. The van der Waals surface area contributed by atoms with Crippen molar-refractivity contribution >= 4 is 33.0 Å². The lowest BCUT2D eigenvalue weighted by molar-refractivity contribution is 0.0988. The van der Waals surface area contributed by atoms with Gasteiger partial charge in [-0.15, -0.1) is 11.3 Å². The van der Waals surface area contributed by atoms with Gasteiger partial charge in [0.1, 0.15) is 5.82 Å². The molecule has 5 heteroatoms. The van der Waals surface area contributed by atoms with Gasteiger partial charge in [0.15, 0.2) is 0 Å². The number of halogens is 1. The third-order valence-electron chi connectivity index (χ3n) is 4.46. The monoisotopic (exact) mass is 371 g/mol. The van der Waals surface area contributed by atoms with E-state index in [1.54, 1.807) is 18.1 Å². The molecule has 0 spiro atoms. The Morgan fingerprint density at radius 2 is 2.00 bits per heavy atom. The lowest BCUT2D eigenvalue weighted by Crippen LogP contribution is -2.31. The van der Waals surface area contributed by atoms with Crippen molar-refractivity contribution in [3.63, 3.8) is 0 Å². The van der Waals surface area contributed by atoms with Gasteiger partial charge in [0.2, 0.25) is 0 Å². The molecule has 3 rings (SSSR count). The largest absolute Gasteiger partial charge is 0.380 e. The summed E-state index contributed by atoms with van der Waals surface area (Å²) >= 11 is 1.32. The van der Waals surface area contributed by atoms with Crippen LogP contribution in [-0.4, -0.2) is 19.6 Å². The van der Waals surface area contributed by atoms with Crippen LogP contribution in [-0.2, 0) is 11.3 Å². The summed E-state index contributed by atoms with van der Waals surface area (Å²) in [7, 11) is 1.56. The molecule has 0 fully saturated rings. The van der Waals surface area contributed by atoms with E-state index in [2.05, 4.69) is 0 Å². The molecule has 0 atom stereocenters. The Hall–Kier alpha value is -2.24. The molecule has 1 heterocycles. The highest BCUT2D eigenvalue weighted by molar-refractivity contribution is 7.21. The molecule has 3 aromatic rings. The van der Waals surface area contributed by atoms with E-state index < -0.39 is 0 Å². The lowest BCUT2D eigenvalue weighted by atomic mass is 10.1. The Bertz CT molecular complexity index is 964. The number of methoxy groups -OCH3 is 1. The summed E-state index contributed by atoms with van der Waals surface area (Å²) in [5, 5.41) is 0.486. The molecule has 0 unspecified atom stereocenters. The number of benzene rings is 2. The number of anilines is 1. The van der Waals surface area contributed by atoms with E-state index in [1.165, 1.54) is 17.4 Å². The number of hydrogen-bond donors (Lipinski definition) is 0. The first-order valence-electron chi connectivity index (χ1n) is 8.55. The van der Waals surface area contributed by atoms with Crippen molar-refractivity contribution in [1.29, 1.82) is 0 Å². The predicted octanol–water partition coefficient (Wildman–Crippen LogP) is 5.47. The van der Waals surface area contributed by atoms with Crippen LogP contribution in [0, 0.1) is 19.7 Å². The first-order chi connectivity index (χ1) is 12.5. The molecular formula is C21H22FNO2S. The van der Waals surface area contributed by atoms with Gasteiger partial charge in [-0.3, -0.25) is 4.79 Å². The van der Waals surface area contributed by atoms with Gasteiger partial charge in [-0.1, -0.05) is 18.2 Å². The van der Waals surface area contributed by atoms with Crippen LogP contribution in [0.1, 0.15) is 33.3 Å². The van der Waals surface area contributed by atoms with Crippen LogP contribution in [0.5, 0.6) is 0 Å².